The summed E-state index contributed by atoms with van der Waals surface area (Å²) < 4.78 is 0. The molecule has 0 N–H and O–H groups in total. The zero-order valence-electron chi connectivity index (χ0n) is 8.65. The number of allylic oxidation sites excluding steroid dienone is 1. The summed E-state index contributed by atoms with van der Waals surface area (Å²) in [6.45, 7) is 0. The zero-order valence-corrected chi connectivity index (χ0v) is 9.41. The number of hydrogen-bond donors (Lipinski definition) is 0. The molecule has 0 heterocycles. The average molecular weight is 226 g/mol. The molecule has 1 heteroatoms. The first kappa shape index (κ1) is 9.68. The standard InChI is InChI=1S/C15H10Cl/c16-15-8-4-3-7-14(15)13-9-11-5-1-2-6-12(11)10-13/h1-10H. The lowest BCUT2D eigenvalue weighted by atomic mass is 10.0. The second-order valence-electron chi connectivity index (χ2n) is 3.85. The number of hydrogen-bond acceptors (Lipinski definition) is 0. The maximum Gasteiger partial charge on any atom is 0.0481 e. The Morgan fingerprint density at radius 1 is 0.750 bits per heavy atom. The predicted molar refractivity (Wildman–Crippen MR) is 69.2 cm³/mol. The van der Waals surface area contributed by atoms with Gasteiger partial charge in [-0.05, 0) is 28.3 Å². The topological polar surface area (TPSA) is 0 Å². The summed E-state index contributed by atoms with van der Waals surface area (Å²) in [5.74, 6) is 0. The zero-order chi connectivity index (χ0) is 11.0. The number of benzene rings is 2. The molecule has 0 nitrogen and oxygen atoms in total. The fourth-order valence-corrected chi connectivity index (χ4v) is 2.25. The Hall–Kier alpha value is -1.53. The Kier molecular flexibility index (Phi) is 2.30. The largest absolute Gasteiger partial charge is 0.0837 e. The van der Waals surface area contributed by atoms with Crippen LogP contribution in [0.2, 0.25) is 5.02 Å². The quantitative estimate of drug-likeness (QED) is 0.673. The second-order valence-corrected chi connectivity index (χ2v) is 4.26. The molecule has 0 spiro atoms. The van der Waals surface area contributed by atoms with E-state index in [0.717, 1.165) is 10.6 Å². The Labute approximate surface area is 100 Å². The molecule has 0 bridgehead atoms. The molecule has 77 valence electrons. The van der Waals surface area contributed by atoms with E-state index in [2.05, 4.69) is 42.8 Å². The van der Waals surface area contributed by atoms with E-state index in [0.29, 0.717) is 0 Å². The average Bonchev–Trinajstić information content (AvgIpc) is 2.73. The van der Waals surface area contributed by atoms with E-state index in [-0.39, 0.29) is 0 Å². The minimum atomic E-state index is 0.804. The van der Waals surface area contributed by atoms with Gasteiger partial charge < -0.3 is 0 Å². The van der Waals surface area contributed by atoms with Crippen molar-refractivity contribution in [1.29, 1.82) is 0 Å². The highest BCUT2D eigenvalue weighted by molar-refractivity contribution is 6.32. The molecule has 1 radical (unpaired) electrons. The van der Waals surface area contributed by atoms with Crippen LogP contribution in [0.15, 0.2) is 48.5 Å². The van der Waals surface area contributed by atoms with Gasteiger partial charge in [-0.1, -0.05) is 60.1 Å². The summed E-state index contributed by atoms with van der Waals surface area (Å²) >= 11 is 6.19. The van der Waals surface area contributed by atoms with Gasteiger partial charge in [-0.15, -0.1) is 0 Å². The lowest BCUT2D eigenvalue weighted by Crippen LogP contribution is -1.83. The fraction of sp³-hybridized carbons (Fsp3) is 0. The first-order chi connectivity index (χ1) is 7.84. The van der Waals surface area contributed by atoms with E-state index >= 15 is 0 Å². The van der Waals surface area contributed by atoms with Gasteiger partial charge in [0.05, 0.1) is 0 Å². The Balaban J connectivity index is 2.05. The Bertz CT molecular complexity index is 567. The first-order valence-electron chi connectivity index (χ1n) is 5.25. The number of fused-ring (bicyclic) bond motifs is 1. The minimum Gasteiger partial charge on any atom is -0.0837 e. The van der Waals surface area contributed by atoms with Crippen LogP contribution in [0.4, 0.5) is 0 Å². The summed E-state index contributed by atoms with van der Waals surface area (Å²) in [6.07, 6.45) is 4.35. The van der Waals surface area contributed by atoms with Gasteiger partial charge in [-0.3, -0.25) is 0 Å². The highest BCUT2D eigenvalue weighted by Gasteiger charge is 2.15. The molecule has 3 rings (SSSR count). The van der Waals surface area contributed by atoms with E-state index in [1.165, 1.54) is 16.7 Å². The smallest absolute Gasteiger partial charge is 0.0481 e. The highest BCUT2D eigenvalue weighted by atomic mass is 35.5. The van der Waals surface area contributed by atoms with Crippen LogP contribution >= 0.6 is 11.6 Å². The van der Waals surface area contributed by atoms with Crippen LogP contribution in [0.3, 0.4) is 0 Å². The van der Waals surface area contributed by atoms with Crippen molar-refractivity contribution in [2.75, 3.05) is 0 Å². The van der Waals surface area contributed by atoms with Crippen molar-refractivity contribution in [1.82, 2.24) is 0 Å². The third-order valence-electron chi connectivity index (χ3n) is 2.80. The maximum atomic E-state index is 6.19. The summed E-state index contributed by atoms with van der Waals surface area (Å²) in [5.41, 5.74) is 4.81. The number of rotatable bonds is 1. The van der Waals surface area contributed by atoms with Crippen LogP contribution in [0.25, 0.3) is 11.6 Å². The van der Waals surface area contributed by atoms with Gasteiger partial charge in [0.2, 0.25) is 0 Å². The van der Waals surface area contributed by atoms with Crippen molar-refractivity contribution >= 4 is 23.3 Å². The molecule has 0 saturated carbocycles. The monoisotopic (exact) mass is 225 g/mol. The van der Waals surface area contributed by atoms with E-state index in [1.54, 1.807) is 0 Å². The van der Waals surface area contributed by atoms with Gasteiger partial charge in [-0.25, -0.2) is 0 Å². The molecule has 2 aromatic rings. The molecule has 2 aromatic carbocycles. The third-order valence-corrected chi connectivity index (χ3v) is 3.13. The molecule has 0 saturated heterocycles. The molecule has 16 heavy (non-hydrogen) atoms. The van der Waals surface area contributed by atoms with Crippen molar-refractivity contribution in [2.45, 2.75) is 0 Å². The molecular weight excluding hydrogens is 216 g/mol. The van der Waals surface area contributed by atoms with Gasteiger partial charge in [0.25, 0.3) is 0 Å². The van der Waals surface area contributed by atoms with Crippen LogP contribution in [-0.4, -0.2) is 0 Å². The second kappa shape index (κ2) is 3.80. The predicted octanol–water partition coefficient (Wildman–Crippen LogP) is 4.45. The maximum absolute atomic E-state index is 6.19. The SMILES string of the molecule is Clc1ccccc1C1=Cc2ccccc2[CH]1. The van der Waals surface area contributed by atoms with Crippen molar-refractivity contribution in [3.8, 4) is 0 Å². The van der Waals surface area contributed by atoms with Crippen LogP contribution in [0.1, 0.15) is 16.7 Å². The first-order valence-corrected chi connectivity index (χ1v) is 5.63. The molecule has 1 aliphatic rings. The van der Waals surface area contributed by atoms with Gasteiger partial charge in [-0.2, -0.15) is 0 Å². The van der Waals surface area contributed by atoms with Crippen molar-refractivity contribution in [3.63, 3.8) is 0 Å². The van der Waals surface area contributed by atoms with Crippen molar-refractivity contribution in [3.05, 3.63) is 76.7 Å². The molecule has 0 aliphatic heterocycles. The molecule has 0 fully saturated rings. The van der Waals surface area contributed by atoms with Gasteiger partial charge >= 0.3 is 0 Å². The Morgan fingerprint density at radius 3 is 2.19 bits per heavy atom. The van der Waals surface area contributed by atoms with E-state index in [4.69, 9.17) is 11.6 Å². The van der Waals surface area contributed by atoms with Crippen molar-refractivity contribution < 1.29 is 0 Å². The molecule has 0 unspecified atom stereocenters. The minimum absolute atomic E-state index is 0.804. The van der Waals surface area contributed by atoms with E-state index in [1.807, 2.05) is 18.2 Å². The number of halogens is 1. The van der Waals surface area contributed by atoms with Crippen molar-refractivity contribution in [2.24, 2.45) is 0 Å². The fourth-order valence-electron chi connectivity index (χ4n) is 2.00. The summed E-state index contributed by atoms with van der Waals surface area (Å²) in [7, 11) is 0. The third kappa shape index (κ3) is 1.56. The summed E-state index contributed by atoms with van der Waals surface area (Å²) in [6, 6.07) is 16.3. The van der Waals surface area contributed by atoms with E-state index < -0.39 is 0 Å². The van der Waals surface area contributed by atoms with Crippen LogP contribution in [-0.2, 0) is 0 Å². The van der Waals surface area contributed by atoms with Crippen LogP contribution in [0, 0.1) is 6.42 Å². The van der Waals surface area contributed by atoms with Crippen LogP contribution < -0.4 is 0 Å². The van der Waals surface area contributed by atoms with Gasteiger partial charge in [0, 0.05) is 11.4 Å². The normalized spacial score (nSPS) is 13.4. The highest BCUT2D eigenvalue weighted by Crippen LogP contribution is 2.35. The molecule has 0 aromatic heterocycles. The molecule has 1 aliphatic carbocycles. The van der Waals surface area contributed by atoms with Gasteiger partial charge in [0.15, 0.2) is 0 Å². The lowest BCUT2D eigenvalue weighted by molar-refractivity contribution is 1.53. The molecule has 0 amide bonds. The molecular formula is C15H10Cl. The van der Waals surface area contributed by atoms with Gasteiger partial charge in [0.1, 0.15) is 0 Å². The van der Waals surface area contributed by atoms with Crippen LogP contribution in [0.5, 0.6) is 0 Å². The summed E-state index contributed by atoms with van der Waals surface area (Å²) in [5, 5.41) is 0.804. The lowest BCUT2D eigenvalue weighted by Gasteiger charge is -2.03. The van der Waals surface area contributed by atoms with E-state index in [9.17, 15) is 0 Å². The molecule has 0 atom stereocenters. The summed E-state index contributed by atoms with van der Waals surface area (Å²) in [4.78, 5) is 0. The Morgan fingerprint density at radius 2 is 1.44 bits per heavy atom.